The summed E-state index contributed by atoms with van der Waals surface area (Å²) in [6.45, 7) is 3.83. The first-order chi connectivity index (χ1) is 12.0. The Labute approximate surface area is 149 Å². The summed E-state index contributed by atoms with van der Waals surface area (Å²) in [5.41, 5.74) is 2.40. The summed E-state index contributed by atoms with van der Waals surface area (Å²) in [6, 6.07) is 4.43. The van der Waals surface area contributed by atoms with Gasteiger partial charge in [0.2, 0.25) is 0 Å². The highest BCUT2D eigenvalue weighted by Crippen LogP contribution is 2.19. The Morgan fingerprint density at radius 3 is 2.96 bits per heavy atom. The summed E-state index contributed by atoms with van der Waals surface area (Å²) < 4.78 is 3.93. The molecule has 0 bridgehead atoms. The van der Waals surface area contributed by atoms with E-state index in [1.54, 1.807) is 4.68 Å². The Balaban J connectivity index is 1.39. The third-order valence-corrected chi connectivity index (χ3v) is 4.84. The van der Waals surface area contributed by atoms with E-state index in [9.17, 15) is 4.79 Å². The average Bonchev–Trinajstić information content (AvgIpc) is 3.27. The lowest BCUT2D eigenvalue weighted by molar-refractivity contribution is 0.234. The van der Waals surface area contributed by atoms with Crippen molar-refractivity contribution in [2.24, 2.45) is 14.1 Å². The maximum atomic E-state index is 12.2. The van der Waals surface area contributed by atoms with Crippen LogP contribution >= 0.6 is 0 Å². The third kappa shape index (κ3) is 4.55. The predicted molar refractivity (Wildman–Crippen MR) is 98.7 cm³/mol. The SMILES string of the molecule is C[C@H](CCc1cccn1C)NC(=O)N[C@H]1CCN(c2cnn(C)c2)C1. The van der Waals surface area contributed by atoms with Gasteiger partial charge >= 0.3 is 6.03 Å². The second-order valence-corrected chi connectivity index (χ2v) is 6.97. The first-order valence-electron chi connectivity index (χ1n) is 8.92. The molecule has 0 aliphatic carbocycles. The molecular formula is C18H28N6O. The molecule has 2 aromatic heterocycles. The molecule has 1 fully saturated rings. The van der Waals surface area contributed by atoms with Crippen molar-refractivity contribution in [3.05, 3.63) is 36.4 Å². The molecular weight excluding hydrogens is 316 g/mol. The number of nitrogens with one attached hydrogen (secondary N) is 2. The van der Waals surface area contributed by atoms with Gasteiger partial charge in [0.25, 0.3) is 0 Å². The van der Waals surface area contributed by atoms with Crippen LogP contribution in [0.5, 0.6) is 0 Å². The molecule has 1 aliphatic rings. The maximum Gasteiger partial charge on any atom is 0.315 e. The van der Waals surface area contributed by atoms with E-state index in [4.69, 9.17) is 0 Å². The molecule has 0 radical (unpaired) electrons. The van der Waals surface area contributed by atoms with Crippen molar-refractivity contribution >= 4 is 11.7 Å². The zero-order valence-electron chi connectivity index (χ0n) is 15.3. The number of amides is 2. The quantitative estimate of drug-likeness (QED) is 0.837. The minimum atomic E-state index is -0.0718. The van der Waals surface area contributed by atoms with Gasteiger partial charge in [-0.05, 0) is 38.3 Å². The van der Waals surface area contributed by atoms with Gasteiger partial charge in [-0.2, -0.15) is 5.10 Å². The van der Waals surface area contributed by atoms with E-state index in [1.165, 1.54) is 5.69 Å². The van der Waals surface area contributed by atoms with Crippen LogP contribution in [0.3, 0.4) is 0 Å². The highest BCUT2D eigenvalue weighted by atomic mass is 16.2. The van der Waals surface area contributed by atoms with Crippen LogP contribution in [0.25, 0.3) is 0 Å². The molecule has 3 heterocycles. The highest BCUT2D eigenvalue weighted by Gasteiger charge is 2.25. The maximum absolute atomic E-state index is 12.2. The van der Waals surface area contributed by atoms with Crippen molar-refractivity contribution in [2.45, 2.75) is 38.3 Å². The average molecular weight is 344 g/mol. The Morgan fingerprint density at radius 2 is 2.28 bits per heavy atom. The fourth-order valence-corrected chi connectivity index (χ4v) is 3.33. The van der Waals surface area contributed by atoms with E-state index >= 15 is 0 Å². The summed E-state index contributed by atoms with van der Waals surface area (Å²) in [4.78, 5) is 14.5. The lowest BCUT2D eigenvalue weighted by atomic mass is 10.1. The van der Waals surface area contributed by atoms with Crippen LogP contribution in [-0.4, -0.2) is 45.6 Å². The number of carbonyl (C=O) groups excluding carboxylic acids is 1. The first kappa shape index (κ1) is 17.4. The molecule has 0 spiro atoms. The molecule has 2 amide bonds. The number of urea groups is 1. The number of hydrogen-bond donors (Lipinski definition) is 2. The second kappa shape index (κ2) is 7.63. The van der Waals surface area contributed by atoms with E-state index in [0.29, 0.717) is 0 Å². The summed E-state index contributed by atoms with van der Waals surface area (Å²) in [7, 11) is 3.97. The molecule has 25 heavy (non-hydrogen) atoms. The second-order valence-electron chi connectivity index (χ2n) is 6.97. The molecule has 3 rings (SSSR count). The van der Waals surface area contributed by atoms with Crippen LogP contribution in [0.4, 0.5) is 10.5 Å². The van der Waals surface area contributed by atoms with Gasteiger partial charge in [0.05, 0.1) is 11.9 Å². The molecule has 7 heteroatoms. The van der Waals surface area contributed by atoms with Crippen molar-refractivity contribution in [2.75, 3.05) is 18.0 Å². The van der Waals surface area contributed by atoms with Gasteiger partial charge in [0.1, 0.15) is 0 Å². The summed E-state index contributed by atoms with van der Waals surface area (Å²) in [6.07, 6.45) is 8.78. The van der Waals surface area contributed by atoms with E-state index in [1.807, 2.05) is 38.8 Å². The molecule has 136 valence electrons. The van der Waals surface area contributed by atoms with Crippen LogP contribution in [0.1, 0.15) is 25.5 Å². The van der Waals surface area contributed by atoms with E-state index < -0.39 is 0 Å². The van der Waals surface area contributed by atoms with Gasteiger partial charge in [0.15, 0.2) is 0 Å². The lowest BCUT2D eigenvalue weighted by Crippen LogP contribution is -2.46. The molecule has 1 saturated heterocycles. The molecule has 2 N–H and O–H groups in total. The van der Waals surface area contributed by atoms with Gasteiger partial charge in [-0.1, -0.05) is 0 Å². The Kier molecular flexibility index (Phi) is 5.31. The van der Waals surface area contributed by atoms with Crippen molar-refractivity contribution in [3.63, 3.8) is 0 Å². The summed E-state index contributed by atoms with van der Waals surface area (Å²) in [5.74, 6) is 0. The fraction of sp³-hybridized carbons (Fsp3) is 0.556. The zero-order chi connectivity index (χ0) is 17.8. The summed E-state index contributed by atoms with van der Waals surface area (Å²) >= 11 is 0. The number of rotatable bonds is 6. The molecule has 0 unspecified atom stereocenters. The van der Waals surface area contributed by atoms with E-state index in [0.717, 1.165) is 38.0 Å². The fourth-order valence-electron chi connectivity index (χ4n) is 3.33. The molecule has 1 aliphatic heterocycles. The standard InChI is InChI=1S/C18H28N6O/c1-14(6-7-16-5-4-9-22(16)2)20-18(25)21-15-8-10-24(12-15)17-11-19-23(3)13-17/h4-5,9,11,13-15H,6-8,10,12H2,1-3H3,(H2,20,21,25)/t14-,15+/m1/s1. The lowest BCUT2D eigenvalue weighted by Gasteiger charge is -2.19. The molecule has 7 nitrogen and oxygen atoms in total. The van der Waals surface area contributed by atoms with Gasteiger partial charge in [0, 0.05) is 57.4 Å². The van der Waals surface area contributed by atoms with E-state index in [-0.39, 0.29) is 18.1 Å². The van der Waals surface area contributed by atoms with Crippen LogP contribution < -0.4 is 15.5 Å². The number of anilines is 1. The largest absolute Gasteiger partial charge is 0.367 e. The topological polar surface area (TPSA) is 67.1 Å². The number of aromatic nitrogens is 3. The predicted octanol–water partition coefficient (Wildman–Crippen LogP) is 1.66. The first-order valence-corrected chi connectivity index (χ1v) is 8.92. The smallest absolute Gasteiger partial charge is 0.315 e. The van der Waals surface area contributed by atoms with Crippen molar-refractivity contribution in [3.8, 4) is 0 Å². The monoisotopic (exact) mass is 344 g/mol. The van der Waals surface area contributed by atoms with Crippen LogP contribution in [0.2, 0.25) is 0 Å². The van der Waals surface area contributed by atoms with E-state index in [2.05, 4.69) is 38.2 Å². The Bertz CT molecular complexity index is 706. The van der Waals surface area contributed by atoms with Gasteiger partial charge in [-0.3, -0.25) is 4.68 Å². The van der Waals surface area contributed by atoms with Gasteiger partial charge < -0.3 is 20.1 Å². The molecule has 2 aromatic rings. The van der Waals surface area contributed by atoms with Crippen molar-refractivity contribution in [1.82, 2.24) is 25.0 Å². The van der Waals surface area contributed by atoms with Crippen molar-refractivity contribution in [1.29, 1.82) is 0 Å². The van der Waals surface area contributed by atoms with Gasteiger partial charge in [-0.15, -0.1) is 0 Å². The number of hydrogen-bond acceptors (Lipinski definition) is 3. The number of carbonyl (C=O) groups is 1. The molecule has 2 atom stereocenters. The zero-order valence-corrected chi connectivity index (χ0v) is 15.3. The number of aryl methyl sites for hydroxylation is 3. The normalized spacial score (nSPS) is 18.4. The summed E-state index contributed by atoms with van der Waals surface area (Å²) in [5, 5.41) is 10.4. The molecule has 0 saturated carbocycles. The van der Waals surface area contributed by atoms with Crippen LogP contribution in [0, 0.1) is 0 Å². The third-order valence-electron chi connectivity index (χ3n) is 4.84. The minimum absolute atomic E-state index is 0.0718. The van der Waals surface area contributed by atoms with Gasteiger partial charge in [-0.25, -0.2) is 4.79 Å². The van der Waals surface area contributed by atoms with Crippen LogP contribution in [0.15, 0.2) is 30.7 Å². The Hall–Kier alpha value is -2.44. The minimum Gasteiger partial charge on any atom is -0.367 e. The molecule has 0 aromatic carbocycles. The van der Waals surface area contributed by atoms with Crippen LogP contribution in [-0.2, 0) is 20.5 Å². The Morgan fingerprint density at radius 1 is 1.44 bits per heavy atom. The highest BCUT2D eigenvalue weighted by molar-refractivity contribution is 5.74. The van der Waals surface area contributed by atoms with Crippen molar-refractivity contribution < 1.29 is 4.79 Å². The number of nitrogens with zero attached hydrogens (tertiary/aromatic N) is 4.